The number of carbonyl (C=O) groups excluding carboxylic acids is 2. The first-order valence-electron chi connectivity index (χ1n) is 13.8. The molecule has 0 spiro atoms. The Morgan fingerprint density at radius 2 is 1.85 bits per heavy atom. The smallest absolute Gasteiger partial charge is 0.291 e. The predicted molar refractivity (Wildman–Crippen MR) is 146 cm³/mol. The number of hydrogen-bond donors (Lipinski definition) is 3. The molecule has 2 bridgehead atoms. The number of fused-ring (bicyclic) bond motifs is 3. The maximum Gasteiger partial charge on any atom is 0.291 e. The Balaban J connectivity index is 1.38. The van der Waals surface area contributed by atoms with Crippen LogP contribution in [0.3, 0.4) is 0 Å². The lowest BCUT2D eigenvalue weighted by molar-refractivity contribution is 0.0240. The number of piperidine rings is 1. The fourth-order valence-corrected chi connectivity index (χ4v) is 6.50. The van der Waals surface area contributed by atoms with Gasteiger partial charge in [-0.1, -0.05) is 19.9 Å². The number of nitrogens with zero attached hydrogens (tertiary/aromatic N) is 7. The number of anilines is 1. The predicted octanol–water partition coefficient (Wildman–Crippen LogP) is 3.25. The number of hydrogen-bond acceptors (Lipinski definition) is 9. The normalized spacial score (nSPS) is 20.8. The summed E-state index contributed by atoms with van der Waals surface area (Å²) in [6.07, 6.45) is 8.96. The van der Waals surface area contributed by atoms with Crippen LogP contribution in [0.25, 0.3) is 16.8 Å². The van der Waals surface area contributed by atoms with Gasteiger partial charge in [0.05, 0.1) is 23.1 Å². The number of nitrogens with one attached hydrogen (secondary N) is 1. The van der Waals surface area contributed by atoms with Crippen molar-refractivity contribution in [3.8, 4) is 11.1 Å². The van der Waals surface area contributed by atoms with Gasteiger partial charge in [0.1, 0.15) is 17.7 Å². The van der Waals surface area contributed by atoms with E-state index < -0.39 is 5.60 Å². The van der Waals surface area contributed by atoms with Gasteiger partial charge in [-0.2, -0.15) is 14.7 Å². The highest BCUT2D eigenvalue weighted by molar-refractivity contribution is 6.00. The minimum Gasteiger partial charge on any atom is -0.384 e. The molecule has 6 rings (SSSR count). The number of pyridine rings is 1. The molecule has 0 aromatic carbocycles. The summed E-state index contributed by atoms with van der Waals surface area (Å²) in [5, 5.41) is 21.8. The highest BCUT2D eigenvalue weighted by Gasteiger charge is 2.45. The van der Waals surface area contributed by atoms with Crippen molar-refractivity contribution in [1.82, 2.24) is 39.7 Å². The summed E-state index contributed by atoms with van der Waals surface area (Å²) in [5.74, 6) is 0.126. The topological polar surface area (TPSA) is 168 Å². The van der Waals surface area contributed by atoms with Crippen molar-refractivity contribution >= 4 is 23.2 Å². The number of nitrogens with two attached hydrogens (primary N) is 1. The van der Waals surface area contributed by atoms with E-state index in [4.69, 9.17) is 10.7 Å². The summed E-state index contributed by atoms with van der Waals surface area (Å²) >= 11 is 0. The van der Waals surface area contributed by atoms with E-state index in [1.807, 2.05) is 30.9 Å². The minimum atomic E-state index is -0.977. The number of aliphatic hydroxyl groups is 1. The molecule has 1 unspecified atom stereocenters. The molecule has 0 radical (unpaired) electrons. The third-order valence-corrected chi connectivity index (χ3v) is 8.76. The second-order valence-electron chi connectivity index (χ2n) is 10.9. The van der Waals surface area contributed by atoms with Gasteiger partial charge in [0.25, 0.3) is 5.91 Å². The van der Waals surface area contributed by atoms with Gasteiger partial charge >= 0.3 is 0 Å². The van der Waals surface area contributed by atoms with Crippen LogP contribution in [0.5, 0.6) is 0 Å². The molecule has 0 aliphatic carbocycles. The van der Waals surface area contributed by atoms with Gasteiger partial charge in [-0.3, -0.25) is 19.7 Å². The number of aromatic nitrogens is 7. The highest BCUT2D eigenvalue weighted by atomic mass is 16.3. The Labute approximate surface area is 231 Å². The maximum absolute atomic E-state index is 13.1. The molecule has 12 heteroatoms. The standard InChI is InChI=1S/C28H33N9O3/c1-4-28(40,5-2)21-9-6-16(12-30-21)20-13-33-37-24(29)22(15(3)38)23(34-26(20)37)17-10-18-7-8-19(11-17)36(18)27(39)25-31-14-32-35-25/h6,9,12-14,17-19,40H,4-5,7-8,10-11,29H2,1-3H3,(H,31,32,35)/t17?,18-,19+. The Hall–Kier alpha value is -4.19. The number of aromatic amines is 1. The molecule has 6 heterocycles. The molecule has 2 aliphatic rings. The molecule has 0 saturated carbocycles. The van der Waals surface area contributed by atoms with Gasteiger partial charge in [-0.25, -0.2) is 9.97 Å². The summed E-state index contributed by atoms with van der Waals surface area (Å²) in [4.78, 5) is 41.5. The lowest BCUT2D eigenvalue weighted by Gasteiger charge is -2.38. The fraction of sp³-hybridized carbons (Fsp3) is 0.464. The maximum atomic E-state index is 13.1. The number of carbonyl (C=O) groups is 2. The van der Waals surface area contributed by atoms with Crippen molar-refractivity contribution < 1.29 is 14.7 Å². The van der Waals surface area contributed by atoms with E-state index in [-0.39, 0.29) is 41.3 Å². The third kappa shape index (κ3) is 4.05. The summed E-state index contributed by atoms with van der Waals surface area (Å²) < 4.78 is 1.51. The lowest BCUT2D eigenvalue weighted by atomic mass is 9.85. The SMILES string of the molecule is CCC(O)(CC)c1ccc(-c2cnn3c(N)c(C(C)=O)c(C4C[C@H]5CC[C@@H](C4)N5C(=O)c4ncn[nH]4)nc23)cn1. The van der Waals surface area contributed by atoms with Crippen molar-refractivity contribution in [2.45, 2.75) is 82.9 Å². The molecular weight excluding hydrogens is 510 g/mol. The van der Waals surface area contributed by atoms with Crippen LogP contribution in [0.15, 0.2) is 30.9 Å². The number of ketones is 1. The van der Waals surface area contributed by atoms with Crippen LogP contribution < -0.4 is 5.73 Å². The number of rotatable bonds is 7. The van der Waals surface area contributed by atoms with Gasteiger partial charge in [0.15, 0.2) is 11.4 Å². The van der Waals surface area contributed by atoms with Gasteiger partial charge in [0, 0.05) is 35.3 Å². The molecule has 3 atom stereocenters. The number of Topliss-reactive ketones (excluding diaryl/α,β-unsaturated/α-hetero) is 1. The Bertz CT molecular complexity index is 1560. The van der Waals surface area contributed by atoms with E-state index >= 15 is 0 Å². The number of amides is 1. The van der Waals surface area contributed by atoms with E-state index in [9.17, 15) is 14.7 Å². The lowest BCUT2D eigenvalue weighted by Crippen LogP contribution is -2.46. The molecule has 208 valence electrons. The van der Waals surface area contributed by atoms with Crippen LogP contribution in [0.1, 0.15) is 97.6 Å². The second kappa shape index (κ2) is 9.77. The molecule has 2 aliphatic heterocycles. The van der Waals surface area contributed by atoms with Crippen LogP contribution in [-0.2, 0) is 5.60 Å². The van der Waals surface area contributed by atoms with Gasteiger partial charge < -0.3 is 15.7 Å². The van der Waals surface area contributed by atoms with Crippen LogP contribution in [-0.4, -0.2) is 68.5 Å². The summed E-state index contributed by atoms with van der Waals surface area (Å²) in [6.45, 7) is 5.37. The zero-order valence-electron chi connectivity index (χ0n) is 22.8. The summed E-state index contributed by atoms with van der Waals surface area (Å²) in [7, 11) is 0. The average molecular weight is 544 g/mol. The van der Waals surface area contributed by atoms with Crippen molar-refractivity contribution in [2.24, 2.45) is 0 Å². The first-order valence-corrected chi connectivity index (χ1v) is 13.8. The number of H-pyrrole nitrogens is 1. The molecule has 2 fully saturated rings. The molecule has 2 saturated heterocycles. The first kappa shape index (κ1) is 26.1. The van der Waals surface area contributed by atoms with Gasteiger partial charge in [0.2, 0.25) is 5.82 Å². The number of nitrogen functional groups attached to an aromatic ring is 1. The minimum absolute atomic E-state index is 0.0115. The highest BCUT2D eigenvalue weighted by Crippen LogP contribution is 2.45. The van der Waals surface area contributed by atoms with Crippen molar-refractivity contribution in [1.29, 1.82) is 0 Å². The molecule has 1 amide bonds. The Morgan fingerprint density at radius 3 is 2.42 bits per heavy atom. The van der Waals surface area contributed by atoms with E-state index in [1.165, 1.54) is 17.8 Å². The van der Waals surface area contributed by atoms with E-state index in [1.54, 1.807) is 12.4 Å². The largest absolute Gasteiger partial charge is 0.384 e. The van der Waals surface area contributed by atoms with Crippen LogP contribution >= 0.6 is 0 Å². The third-order valence-electron chi connectivity index (χ3n) is 8.76. The molecule has 4 aromatic rings. The molecule has 4 aromatic heterocycles. The fourth-order valence-electron chi connectivity index (χ4n) is 6.50. The molecule has 4 N–H and O–H groups in total. The zero-order chi connectivity index (χ0) is 28.2. The molecule has 40 heavy (non-hydrogen) atoms. The Kier molecular flexibility index (Phi) is 6.37. The van der Waals surface area contributed by atoms with Gasteiger partial charge in [-0.15, -0.1) is 0 Å². The summed E-state index contributed by atoms with van der Waals surface area (Å²) in [5.41, 5.74) is 9.30. The zero-order valence-corrected chi connectivity index (χ0v) is 22.8. The van der Waals surface area contributed by atoms with Crippen molar-refractivity contribution in [2.75, 3.05) is 5.73 Å². The Morgan fingerprint density at radius 1 is 1.12 bits per heavy atom. The van der Waals surface area contributed by atoms with Crippen LogP contribution in [0.4, 0.5) is 5.82 Å². The van der Waals surface area contributed by atoms with Crippen LogP contribution in [0, 0.1) is 0 Å². The van der Waals surface area contributed by atoms with Crippen molar-refractivity contribution in [3.63, 3.8) is 0 Å². The second-order valence-corrected chi connectivity index (χ2v) is 10.9. The first-order chi connectivity index (χ1) is 19.3. The molecular formula is C28H33N9O3. The van der Waals surface area contributed by atoms with E-state index in [0.29, 0.717) is 48.3 Å². The molecule has 12 nitrogen and oxygen atoms in total. The van der Waals surface area contributed by atoms with Crippen LogP contribution in [0.2, 0.25) is 0 Å². The van der Waals surface area contributed by atoms with E-state index in [2.05, 4.69) is 25.3 Å². The van der Waals surface area contributed by atoms with Crippen molar-refractivity contribution in [3.05, 3.63) is 53.6 Å². The monoisotopic (exact) mass is 543 g/mol. The summed E-state index contributed by atoms with van der Waals surface area (Å²) in [6, 6.07) is 3.76. The quantitative estimate of drug-likeness (QED) is 0.296. The van der Waals surface area contributed by atoms with Gasteiger partial charge in [-0.05, 0) is 51.5 Å². The average Bonchev–Trinajstić information content (AvgIpc) is 3.70. The van der Waals surface area contributed by atoms with E-state index in [0.717, 1.165) is 24.0 Å².